The molecule has 0 amide bonds. The first-order valence-electron chi connectivity index (χ1n) is 7.22. The molecular weight excluding hydrogens is 269 g/mol. The first kappa shape index (κ1) is 15.4. The van der Waals surface area contributed by atoms with E-state index >= 15 is 0 Å². The van der Waals surface area contributed by atoms with E-state index in [1.165, 1.54) is 0 Å². The molecule has 1 saturated carbocycles. The number of hydrogen-bond acceptors (Lipinski definition) is 3. The Morgan fingerprint density at radius 2 is 2.00 bits per heavy atom. The summed E-state index contributed by atoms with van der Waals surface area (Å²) in [6.45, 7) is 3.55. The van der Waals surface area contributed by atoms with Crippen molar-refractivity contribution in [2.45, 2.75) is 57.7 Å². The summed E-state index contributed by atoms with van der Waals surface area (Å²) in [5.74, 6) is 0.290. The Morgan fingerprint density at radius 1 is 1.30 bits per heavy atom. The van der Waals surface area contributed by atoms with Crippen molar-refractivity contribution in [1.29, 1.82) is 0 Å². The van der Waals surface area contributed by atoms with Crippen molar-refractivity contribution < 1.29 is 17.6 Å². The molecule has 0 atom stereocenters. The molecule has 1 N–H and O–H groups in total. The average molecular weight is 290 g/mol. The maximum Gasteiger partial charge on any atom is 0.391 e. The Bertz CT molecular complexity index is 409. The number of oxazole rings is 1. The van der Waals surface area contributed by atoms with Gasteiger partial charge in [-0.05, 0) is 38.6 Å². The van der Waals surface area contributed by atoms with Crippen LogP contribution in [-0.2, 0) is 6.54 Å². The van der Waals surface area contributed by atoms with Crippen LogP contribution in [0.1, 0.15) is 56.6 Å². The molecule has 0 saturated heterocycles. The third-order valence-corrected chi connectivity index (χ3v) is 3.87. The molecule has 0 bridgehead atoms. The minimum Gasteiger partial charge on any atom is -0.444 e. The second-order valence-corrected chi connectivity index (χ2v) is 5.42. The van der Waals surface area contributed by atoms with Gasteiger partial charge in [0.2, 0.25) is 5.89 Å². The van der Waals surface area contributed by atoms with Gasteiger partial charge in [-0.25, -0.2) is 4.98 Å². The first-order valence-corrected chi connectivity index (χ1v) is 7.22. The maximum absolute atomic E-state index is 12.6. The molecule has 114 valence electrons. The minimum absolute atomic E-state index is 0.0843. The molecule has 1 fully saturated rings. The SMILES string of the molecule is CCCNCc1ncc(C2CCC(C(F)(F)F)CC2)o1. The molecule has 1 aromatic heterocycles. The van der Waals surface area contributed by atoms with Gasteiger partial charge in [0, 0.05) is 5.92 Å². The van der Waals surface area contributed by atoms with Crippen LogP contribution in [0.4, 0.5) is 13.2 Å². The predicted molar refractivity (Wildman–Crippen MR) is 69.3 cm³/mol. The third kappa shape index (κ3) is 3.98. The molecule has 0 radical (unpaired) electrons. The number of halogens is 3. The number of alkyl halides is 3. The van der Waals surface area contributed by atoms with Gasteiger partial charge in [0.1, 0.15) is 5.76 Å². The molecule has 6 heteroatoms. The van der Waals surface area contributed by atoms with E-state index in [4.69, 9.17) is 4.42 Å². The van der Waals surface area contributed by atoms with E-state index in [0.717, 1.165) is 18.7 Å². The third-order valence-electron chi connectivity index (χ3n) is 3.87. The highest BCUT2D eigenvalue weighted by Gasteiger charge is 2.42. The highest BCUT2D eigenvalue weighted by atomic mass is 19.4. The molecule has 0 aromatic carbocycles. The number of aromatic nitrogens is 1. The quantitative estimate of drug-likeness (QED) is 0.833. The van der Waals surface area contributed by atoms with Crippen LogP contribution < -0.4 is 5.32 Å². The summed E-state index contributed by atoms with van der Waals surface area (Å²) in [7, 11) is 0. The van der Waals surface area contributed by atoms with Crippen molar-refractivity contribution in [3.8, 4) is 0 Å². The molecule has 2 rings (SSSR count). The van der Waals surface area contributed by atoms with Crippen molar-refractivity contribution in [2.24, 2.45) is 5.92 Å². The fraction of sp³-hybridized carbons (Fsp3) is 0.786. The first-order chi connectivity index (χ1) is 9.50. The summed E-state index contributed by atoms with van der Waals surface area (Å²) >= 11 is 0. The molecule has 1 aromatic rings. The second-order valence-electron chi connectivity index (χ2n) is 5.42. The second kappa shape index (κ2) is 6.61. The van der Waals surface area contributed by atoms with Gasteiger partial charge in [0.15, 0.2) is 0 Å². The molecule has 1 aliphatic carbocycles. The van der Waals surface area contributed by atoms with Crippen LogP contribution >= 0.6 is 0 Å². The Labute approximate surface area is 117 Å². The van der Waals surface area contributed by atoms with Crippen molar-refractivity contribution >= 4 is 0 Å². The van der Waals surface area contributed by atoms with Crippen molar-refractivity contribution in [3.05, 3.63) is 17.8 Å². The molecule has 0 aliphatic heterocycles. The predicted octanol–water partition coefficient (Wildman–Crippen LogP) is 4.01. The van der Waals surface area contributed by atoms with Crippen LogP contribution in [0.25, 0.3) is 0 Å². The van der Waals surface area contributed by atoms with Gasteiger partial charge >= 0.3 is 6.18 Å². The van der Waals surface area contributed by atoms with Gasteiger partial charge in [-0.3, -0.25) is 0 Å². The van der Waals surface area contributed by atoms with Crippen molar-refractivity contribution in [3.63, 3.8) is 0 Å². The van der Waals surface area contributed by atoms with E-state index in [2.05, 4.69) is 17.2 Å². The van der Waals surface area contributed by atoms with Crippen molar-refractivity contribution in [2.75, 3.05) is 6.54 Å². The minimum atomic E-state index is -4.05. The lowest BCUT2D eigenvalue weighted by atomic mass is 9.81. The summed E-state index contributed by atoms with van der Waals surface area (Å²) in [4.78, 5) is 4.18. The summed E-state index contributed by atoms with van der Waals surface area (Å²) in [6.07, 6.45) is 0.0944. The largest absolute Gasteiger partial charge is 0.444 e. The maximum atomic E-state index is 12.6. The highest BCUT2D eigenvalue weighted by Crippen LogP contribution is 2.42. The monoisotopic (exact) mass is 290 g/mol. The number of rotatable bonds is 5. The van der Waals surface area contributed by atoms with Crippen LogP contribution in [0.5, 0.6) is 0 Å². The summed E-state index contributed by atoms with van der Waals surface area (Å²) in [5, 5.41) is 3.19. The molecule has 1 aliphatic rings. The Morgan fingerprint density at radius 3 is 2.60 bits per heavy atom. The Hall–Kier alpha value is -1.04. The van der Waals surface area contributed by atoms with Gasteiger partial charge in [-0.2, -0.15) is 13.2 Å². The van der Waals surface area contributed by atoms with Gasteiger partial charge in [-0.15, -0.1) is 0 Å². The fourth-order valence-electron chi connectivity index (χ4n) is 2.67. The highest BCUT2D eigenvalue weighted by molar-refractivity contribution is 5.03. The van der Waals surface area contributed by atoms with Crippen LogP contribution in [0.15, 0.2) is 10.6 Å². The number of nitrogens with one attached hydrogen (secondary N) is 1. The Kier molecular flexibility index (Phi) is 5.07. The van der Waals surface area contributed by atoms with Gasteiger partial charge in [-0.1, -0.05) is 6.92 Å². The van der Waals surface area contributed by atoms with E-state index in [1.54, 1.807) is 6.20 Å². The lowest BCUT2D eigenvalue weighted by Crippen LogP contribution is -2.27. The molecule has 20 heavy (non-hydrogen) atoms. The Balaban J connectivity index is 1.84. The summed E-state index contributed by atoms with van der Waals surface area (Å²) in [6, 6.07) is 0. The molecule has 0 spiro atoms. The lowest BCUT2D eigenvalue weighted by molar-refractivity contribution is -0.182. The van der Waals surface area contributed by atoms with Crippen molar-refractivity contribution in [1.82, 2.24) is 10.3 Å². The van der Waals surface area contributed by atoms with E-state index in [-0.39, 0.29) is 18.8 Å². The van der Waals surface area contributed by atoms with E-state index < -0.39 is 12.1 Å². The van der Waals surface area contributed by atoms with E-state index in [0.29, 0.717) is 25.3 Å². The van der Waals surface area contributed by atoms with E-state index in [1.807, 2.05) is 0 Å². The number of hydrogen-bond donors (Lipinski definition) is 1. The molecule has 0 unspecified atom stereocenters. The fourth-order valence-corrected chi connectivity index (χ4v) is 2.67. The normalized spacial score (nSPS) is 24.0. The zero-order valence-corrected chi connectivity index (χ0v) is 11.7. The topological polar surface area (TPSA) is 38.1 Å². The van der Waals surface area contributed by atoms with Crippen LogP contribution in [-0.4, -0.2) is 17.7 Å². The lowest BCUT2D eigenvalue weighted by Gasteiger charge is -2.28. The zero-order chi connectivity index (χ0) is 14.6. The molecule has 3 nitrogen and oxygen atoms in total. The molecular formula is C14H21F3N2O. The number of nitrogens with zero attached hydrogens (tertiary/aromatic N) is 1. The summed E-state index contributed by atoms with van der Waals surface area (Å²) < 4.78 is 43.4. The molecule has 1 heterocycles. The van der Waals surface area contributed by atoms with Crippen LogP contribution in [0, 0.1) is 5.92 Å². The smallest absolute Gasteiger partial charge is 0.391 e. The summed E-state index contributed by atoms with van der Waals surface area (Å²) in [5.41, 5.74) is 0. The van der Waals surface area contributed by atoms with Crippen LogP contribution in [0.3, 0.4) is 0 Å². The van der Waals surface area contributed by atoms with Gasteiger partial charge in [0.05, 0.1) is 18.7 Å². The van der Waals surface area contributed by atoms with E-state index in [9.17, 15) is 13.2 Å². The average Bonchev–Trinajstić information content (AvgIpc) is 2.87. The zero-order valence-electron chi connectivity index (χ0n) is 11.7. The van der Waals surface area contributed by atoms with Gasteiger partial charge < -0.3 is 9.73 Å². The standard InChI is InChI=1S/C14H21F3N2O/c1-2-7-18-9-13-19-8-12(20-13)10-3-5-11(6-4-10)14(15,16)17/h8,10-11,18H,2-7,9H2,1H3. The van der Waals surface area contributed by atoms with Crippen LogP contribution in [0.2, 0.25) is 0 Å². The van der Waals surface area contributed by atoms with Gasteiger partial charge in [0.25, 0.3) is 0 Å².